The van der Waals surface area contributed by atoms with Crippen molar-refractivity contribution in [1.82, 2.24) is 0 Å². The summed E-state index contributed by atoms with van der Waals surface area (Å²) in [4.78, 5) is 0. The van der Waals surface area contributed by atoms with Crippen molar-refractivity contribution < 1.29 is 8.78 Å². The van der Waals surface area contributed by atoms with Gasteiger partial charge in [-0.15, -0.1) is 0 Å². The van der Waals surface area contributed by atoms with Crippen molar-refractivity contribution in [2.75, 3.05) is 0 Å². The van der Waals surface area contributed by atoms with E-state index >= 15 is 0 Å². The van der Waals surface area contributed by atoms with Crippen LogP contribution in [0.4, 0.5) is 8.78 Å². The van der Waals surface area contributed by atoms with Gasteiger partial charge in [-0.2, -0.15) is 0 Å². The molecule has 0 aromatic heterocycles. The molecule has 0 bridgehead atoms. The lowest BCUT2D eigenvalue weighted by atomic mass is 10.0. The molecule has 0 saturated heterocycles. The van der Waals surface area contributed by atoms with Crippen LogP contribution in [-0.4, -0.2) is 0 Å². The summed E-state index contributed by atoms with van der Waals surface area (Å²) in [7, 11) is 0. The van der Waals surface area contributed by atoms with Gasteiger partial charge in [-0.3, -0.25) is 0 Å². The molecule has 0 N–H and O–H groups in total. The van der Waals surface area contributed by atoms with Crippen molar-refractivity contribution in [3.8, 4) is 0 Å². The molecule has 0 spiro atoms. The Morgan fingerprint density at radius 1 is 0.789 bits per heavy atom. The smallest absolute Gasteiger partial charge is 0.173 e. The van der Waals surface area contributed by atoms with E-state index in [4.69, 9.17) is 23.2 Å². The zero-order valence-corrected chi connectivity index (χ0v) is 13.9. The van der Waals surface area contributed by atoms with Crippen LogP contribution in [0, 0.1) is 11.6 Å². The van der Waals surface area contributed by atoms with Crippen molar-refractivity contribution in [2.24, 2.45) is 0 Å². The van der Waals surface area contributed by atoms with Gasteiger partial charge in [0.15, 0.2) is 4.33 Å². The summed E-state index contributed by atoms with van der Waals surface area (Å²) in [5.74, 6) is -1.22. The third-order valence-electron chi connectivity index (χ3n) is 2.54. The standard InChI is InChI=1S/C13H6Br2Cl2F2/c14-7-1-3-9(11(18)5-7)13(16,17)10-4-2-8(15)6-12(10)19/h1-6H. The summed E-state index contributed by atoms with van der Waals surface area (Å²) >= 11 is 18.6. The normalized spacial score (nSPS) is 11.7. The minimum Gasteiger partial charge on any atom is -0.207 e. The predicted molar refractivity (Wildman–Crippen MR) is 80.7 cm³/mol. The maximum atomic E-state index is 13.9. The van der Waals surface area contributed by atoms with Gasteiger partial charge in [0, 0.05) is 20.1 Å². The van der Waals surface area contributed by atoms with Crippen LogP contribution >= 0.6 is 55.1 Å². The number of rotatable bonds is 2. The maximum Gasteiger partial charge on any atom is 0.173 e. The molecule has 2 rings (SSSR count). The largest absolute Gasteiger partial charge is 0.207 e. The Bertz CT molecular complexity index is 577. The van der Waals surface area contributed by atoms with Crippen molar-refractivity contribution in [1.29, 1.82) is 0 Å². The highest BCUT2D eigenvalue weighted by Crippen LogP contribution is 2.43. The van der Waals surface area contributed by atoms with Crippen LogP contribution in [0.15, 0.2) is 45.3 Å². The molecule has 2 aromatic rings. The van der Waals surface area contributed by atoms with E-state index in [1.165, 1.54) is 24.3 Å². The molecular formula is C13H6Br2Cl2F2. The van der Waals surface area contributed by atoms with Gasteiger partial charge in [-0.05, 0) is 24.3 Å². The number of halogens is 6. The van der Waals surface area contributed by atoms with E-state index < -0.39 is 16.0 Å². The first kappa shape index (κ1) is 15.2. The number of alkyl halides is 2. The Labute approximate surface area is 136 Å². The second-order valence-electron chi connectivity index (χ2n) is 3.82. The maximum absolute atomic E-state index is 13.9. The van der Waals surface area contributed by atoms with E-state index in [2.05, 4.69) is 31.9 Å². The highest BCUT2D eigenvalue weighted by atomic mass is 79.9. The second kappa shape index (κ2) is 5.68. The lowest BCUT2D eigenvalue weighted by Crippen LogP contribution is -2.16. The van der Waals surface area contributed by atoms with Crippen LogP contribution in [0.1, 0.15) is 11.1 Å². The van der Waals surface area contributed by atoms with E-state index in [0.29, 0.717) is 8.95 Å². The van der Waals surface area contributed by atoms with Gasteiger partial charge in [0.1, 0.15) is 11.6 Å². The van der Waals surface area contributed by atoms with Gasteiger partial charge in [-0.1, -0.05) is 67.2 Å². The zero-order chi connectivity index (χ0) is 14.2. The summed E-state index contributed by atoms with van der Waals surface area (Å²) in [6.07, 6.45) is 0. The average Bonchev–Trinajstić information content (AvgIpc) is 2.27. The fourth-order valence-electron chi connectivity index (χ4n) is 1.63. The van der Waals surface area contributed by atoms with Gasteiger partial charge in [0.25, 0.3) is 0 Å². The molecule has 0 aliphatic rings. The molecule has 100 valence electrons. The molecule has 6 heteroatoms. The Balaban J connectivity index is 2.58. The lowest BCUT2D eigenvalue weighted by molar-refractivity contribution is 0.587. The first-order valence-corrected chi connectivity index (χ1v) is 7.45. The molecule has 0 fully saturated rings. The van der Waals surface area contributed by atoms with E-state index in [-0.39, 0.29) is 11.1 Å². The summed E-state index contributed by atoms with van der Waals surface area (Å²) in [6, 6.07) is 8.47. The minimum atomic E-state index is -1.80. The van der Waals surface area contributed by atoms with Crippen molar-refractivity contribution in [2.45, 2.75) is 4.33 Å². The number of hydrogen-bond acceptors (Lipinski definition) is 0. The summed E-state index contributed by atoms with van der Waals surface area (Å²) in [5, 5.41) is 0. The Morgan fingerprint density at radius 3 is 1.47 bits per heavy atom. The van der Waals surface area contributed by atoms with E-state index in [9.17, 15) is 8.78 Å². The van der Waals surface area contributed by atoms with Crippen molar-refractivity contribution in [3.05, 3.63) is 68.1 Å². The monoisotopic (exact) mass is 428 g/mol. The van der Waals surface area contributed by atoms with Crippen LogP contribution in [0.5, 0.6) is 0 Å². The second-order valence-corrected chi connectivity index (χ2v) is 6.98. The molecule has 0 aliphatic carbocycles. The molecule has 0 atom stereocenters. The third-order valence-corrected chi connectivity index (χ3v) is 4.34. The molecule has 0 radical (unpaired) electrons. The molecular weight excluding hydrogens is 425 g/mol. The van der Waals surface area contributed by atoms with Crippen LogP contribution in [0.2, 0.25) is 0 Å². The molecule has 2 aromatic carbocycles. The van der Waals surface area contributed by atoms with Gasteiger partial charge < -0.3 is 0 Å². The zero-order valence-electron chi connectivity index (χ0n) is 9.23. The summed E-state index contributed by atoms with van der Waals surface area (Å²) < 4.78 is 27.1. The summed E-state index contributed by atoms with van der Waals surface area (Å²) in [5.41, 5.74) is 0.000474. The molecule has 0 saturated carbocycles. The molecule has 0 nitrogen and oxygen atoms in total. The van der Waals surface area contributed by atoms with Crippen LogP contribution in [0.25, 0.3) is 0 Å². The summed E-state index contributed by atoms with van der Waals surface area (Å²) in [6.45, 7) is 0. The fraction of sp³-hybridized carbons (Fsp3) is 0.0769. The third kappa shape index (κ3) is 3.13. The highest BCUT2D eigenvalue weighted by molar-refractivity contribution is 9.10. The topological polar surface area (TPSA) is 0 Å². The average molecular weight is 431 g/mol. The van der Waals surface area contributed by atoms with Gasteiger partial charge >= 0.3 is 0 Å². The molecule has 0 aliphatic heterocycles. The predicted octanol–water partition coefficient (Wildman–Crippen LogP) is 6.17. The van der Waals surface area contributed by atoms with Crippen LogP contribution in [0.3, 0.4) is 0 Å². The van der Waals surface area contributed by atoms with Crippen LogP contribution in [-0.2, 0) is 4.33 Å². The van der Waals surface area contributed by atoms with Crippen molar-refractivity contribution >= 4 is 55.1 Å². The van der Waals surface area contributed by atoms with Crippen LogP contribution < -0.4 is 0 Å². The first-order valence-electron chi connectivity index (χ1n) is 5.11. The SMILES string of the molecule is Fc1cc(Br)ccc1C(Cl)(Cl)c1ccc(Br)cc1F. The Hall–Kier alpha value is -0.160. The molecule has 19 heavy (non-hydrogen) atoms. The molecule has 0 amide bonds. The van der Waals surface area contributed by atoms with E-state index in [0.717, 1.165) is 0 Å². The quantitative estimate of drug-likeness (QED) is 0.500. The molecule has 0 unspecified atom stereocenters. The minimum absolute atomic E-state index is 0.000237. The lowest BCUT2D eigenvalue weighted by Gasteiger charge is -2.22. The molecule has 0 heterocycles. The Morgan fingerprint density at radius 2 is 1.16 bits per heavy atom. The van der Waals surface area contributed by atoms with Gasteiger partial charge in [-0.25, -0.2) is 8.78 Å². The first-order chi connectivity index (χ1) is 8.82. The highest BCUT2D eigenvalue weighted by Gasteiger charge is 2.34. The Kier molecular flexibility index (Phi) is 4.56. The number of benzene rings is 2. The fourth-order valence-corrected chi connectivity index (χ4v) is 2.91. The van der Waals surface area contributed by atoms with Gasteiger partial charge in [0.2, 0.25) is 0 Å². The van der Waals surface area contributed by atoms with Gasteiger partial charge in [0.05, 0.1) is 0 Å². The van der Waals surface area contributed by atoms with E-state index in [1.807, 2.05) is 0 Å². The number of hydrogen-bond donors (Lipinski definition) is 0. The van der Waals surface area contributed by atoms with Crippen molar-refractivity contribution in [3.63, 3.8) is 0 Å². The van der Waals surface area contributed by atoms with E-state index in [1.54, 1.807) is 12.1 Å².